The molecule has 2 amide bonds. The van der Waals surface area contributed by atoms with Gasteiger partial charge in [-0.2, -0.15) is 0 Å². The molecular formula is C14H22N4O2S. The van der Waals surface area contributed by atoms with Crippen molar-refractivity contribution in [2.75, 3.05) is 17.6 Å². The number of nitrogens with two attached hydrogens (primary N) is 2. The van der Waals surface area contributed by atoms with Crippen molar-refractivity contribution in [2.45, 2.75) is 39.2 Å². The summed E-state index contributed by atoms with van der Waals surface area (Å²) < 4.78 is 0. The van der Waals surface area contributed by atoms with E-state index in [1.165, 1.54) is 11.3 Å². The molecule has 1 aliphatic rings. The largest absolute Gasteiger partial charge is 0.397 e. The molecule has 2 rings (SSSR count). The predicted molar refractivity (Wildman–Crippen MR) is 85.7 cm³/mol. The molecule has 116 valence electrons. The number of anilines is 2. The predicted octanol–water partition coefficient (Wildman–Crippen LogP) is 1.78. The van der Waals surface area contributed by atoms with Crippen LogP contribution < -0.4 is 22.1 Å². The Kier molecular flexibility index (Phi) is 4.72. The van der Waals surface area contributed by atoms with Gasteiger partial charge >= 0.3 is 0 Å². The summed E-state index contributed by atoms with van der Waals surface area (Å²) in [5.41, 5.74) is 11.8. The number of carbonyl (C=O) groups is 2. The van der Waals surface area contributed by atoms with Gasteiger partial charge in [-0.1, -0.05) is 13.3 Å². The second-order valence-corrected chi connectivity index (χ2v) is 6.33. The highest BCUT2D eigenvalue weighted by molar-refractivity contribution is 7.19. The summed E-state index contributed by atoms with van der Waals surface area (Å²) in [6, 6.07) is 0.350. The summed E-state index contributed by atoms with van der Waals surface area (Å²) in [7, 11) is 0. The molecule has 0 aromatic carbocycles. The first-order chi connectivity index (χ1) is 9.99. The first-order valence-corrected chi connectivity index (χ1v) is 8.07. The van der Waals surface area contributed by atoms with E-state index in [1.54, 1.807) is 0 Å². The van der Waals surface area contributed by atoms with Crippen LogP contribution in [0, 0.1) is 5.92 Å². The first kappa shape index (κ1) is 15.6. The molecular weight excluding hydrogens is 288 g/mol. The van der Waals surface area contributed by atoms with Crippen molar-refractivity contribution < 1.29 is 9.59 Å². The number of nitrogens with one attached hydrogen (secondary N) is 2. The molecule has 1 aromatic rings. The van der Waals surface area contributed by atoms with E-state index in [4.69, 9.17) is 11.5 Å². The maximum Gasteiger partial charge on any atom is 0.263 e. The highest BCUT2D eigenvalue weighted by atomic mass is 32.1. The lowest BCUT2D eigenvalue weighted by molar-refractivity contribution is 0.0960. The molecule has 1 aliphatic carbocycles. The Labute approximate surface area is 128 Å². The van der Waals surface area contributed by atoms with Gasteiger partial charge in [-0.05, 0) is 25.7 Å². The summed E-state index contributed by atoms with van der Waals surface area (Å²) in [6.45, 7) is 4.49. The topological polar surface area (TPSA) is 110 Å². The minimum absolute atomic E-state index is 0.175. The number of rotatable bonds is 7. The molecule has 6 nitrogen and oxygen atoms in total. The van der Waals surface area contributed by atoms with Crippen molar-refractivity contribution >= 4 is 33.8 Å². The number of carbonyl (C=O) groups excluding carboxylic acids is 2. The molecule has 21 heavy (non-hydrogen) atoms. The number of amides is 2. The zero-order valence-corrected chi connectivity index (χ0v) is 13.2. The van der Waals surface area contributed by atoms with Crippen molar-refractivity contribution in [3.63, 3.8) is 0 Å². The van der Waals surface area contributed by atoms with E-state index < -0.39 is 5.91 Å². The molecule has 0 spiro atoms. The summed E-state index contributed by atoms with van der Waals surface area (Å²) >= 11 is 1.20. The SMILES string of the molecule is CCCC1CC1Nc1sc(C(=O)NCC)c(N)c1C(N)=O. The average Bonchev–Trinajstić information content (AvgIpc) is 3.03. The molecule has 0 radical (unpaired) electrons. The molecule has 6 N–H and O–H groups in total. The standard InChI is InChI=1S/C14H22N4O2S/c1-3-5-7-6-8(7)18-14-9(12(16)19)10(15)11(21-14)13(20)17-4-2/h7-8,18H,3-6,15H2,1-2H3,(H2,16,19)(H,17,20). The molecule has 1 fully saturated rings. The van der Waals surface area contributed by atoms with Gasteiger partial charge in [0.2, 0.25) is 0 Å². The Bertz CT molecular complexity index is 555. The van der Waals surface area contributed by atoms with E-state index >= 15 is 0 Å². The lowest BCUT2D eigenvalue weighted by atomic mass is 10.2. The van der Waals surface area contributed by atoms with Crippen LogP contribution in [0.3, 0.4) is 0 Å². The van der Waals surface area contributed by atoms with Crippen molar-refractivity contribution in [3.05, 3.63) is 10.4 Å². The van der Waals surface area contributed by atoms with E-state index in [9.17, 15) is 9.59 Å². The first-order valence-electron chi connectivity index (χ1n) is 7.26. The Morgan fingerprint density at radius 1 is 1.38 bits per heavy atom. The monoisotopic (exact) mass is 310 g/mol. The lowest BCUT2D eigenvalue weighted by Crippen LogP contribution is -2.23. The Hall–Kier alpha value is -1.76. The van der Waals surface area contributed by atoms with Gasteiger partial charge in [0, 0.05) is 12.6 Å². The van der Waals surface area contributed by atoms with Crippen LogP contribution in [0.15, 0.2) is 0 Å². The third kappa shape index (κ3) is 3.29. The Balaban J connectivity index is 2.22. The molecule has 1 saturated carbocycles. The van der Waals surface area contributed by atoms with Crippen LogP contribution in [0.1, 0.15) is 53.1 Å². The fourth-order valence-electron chi connectivity index (χ4n) is 2.48. The normalized spacial score (nSPS) is 20.1. The second kappa shape index (κ2) is 6.34. The maximum absolute atomic E-state index is 12.0. The summed E-state index contributed by atoms with van der Waals surface area (Å²) in [5, 5.41) is 6.62. The van der Waals surface area contributed by atoms with Crippen LogP contribution in [-0.2, 0) is 0 Å². The number of hydrogen-bond acceptors (Lipinski definition) is 5. The summed E-state index contributed by atoms with van der Waals surface area (Å²) in [4.78, 5) is 23.9. The van der Waals surface area contributed by atoms with E-state index in [1.807, 2.05) is 6.92 Å². The summed E-state index contributed by atoms with van der Waals surface area (Å²) in [5.74, 6) is -0.238. The van der Waals surface area contributed by atoms with Gasteiger partial charge in [0.25, 0.3) is 11.8 Å². The zero-order chi connectivity index (χ0) is 15.6. The maximum atomic E-state index is 12.0. The van der Waals surface area contributed by atoms with Crippen LogP contribution in [0.2, 0.25) is 0 Å². The Morgan fingerprint density at radius 2 is 2.10 bits per heavy atom. The highest BCUT2D eigenvalue weighted by Gasteiger charge is 2.37. The van der Waals surface area contributed by atoms with E-state index in [-0.39, 0.29) is 17.2 Å². The third-order valence-corrected chi connectivity index (χ3v) is 4.77. The van der Waals surface area contributed by atoms with E-state index in [2.05, 4.69) is 17.6 Å². The molecule has 2 unspecified atom stereocenters. The van der Waals surface area contributed by atoms with Crippen LogP contribution in [0.5, 0.6) is 0 Å². The van der Waals surface area contributed by atoms with Crippen molar-refractivity contribution in [1.29, 1.82) is 0 Å². The number of hydrogen-bond donors (Lipinski definition) is 4. The van der Waals surface area contributed by atoms with Gasteiger partial charge < -0.3 is 22.1 Å². The number of primary amides is 1. The van der Waals surface area contributed by atoms with Gasteiger partial charge in [-0.3, -0.25) is 9.59 Å². The second-order valence-electron chi connectivity index (χ2n) is 5.31. The van der Waals surface area contributed by atoms with Crippen LogP contribution in [-0.4, -0.2) is 24.4 Å². The Morgan fingerprint density at radius 3 is 2.67 bits per heavy atom. The minimum atomic E-state index is -0.602. The number of nitrogen functional groups attached to an aromatic ring is 1. The zero-order valence-electron chi connectivity index (χ0n) is 12.4. The molecule has 0 aliphatic heterocycles. The van der Waals surface area contributed by atoms with Crippen molar-refractivity contribution in [2.24, 2.45) is 11.7 Å². The van der Waals surface area contributed by atoms with Gasteiger partial charge in [0.1, 0.15) is 9.88 Å². The van der Waals surface area contributed by atoms with E-state index in [0.717, 1.165) is 19.3 Å². The van der Waals surface area contributed by atoms with E-state index in [0.29, 0.717) is 28.4 Å². The van der Waals surface area contributed by atoms with Crippen LogP contribution in [0.25, 0.3) is 0 Å². The number of thiophene rings is 1. The third-order valence-electron chi connectivity index (χ3n) is 3.63. The van der Waals surface area contributed by atoms with Crippen LogP contribution in [0.4, 0.5) is 10.7 Å². The van der Waals surface area contributed by atoms with Crippen molar-refractivity contribution in [1.82, 2.24) is 5.32 Å². The van der Waals surface area contributed by atoms with Gasteiger partial charge in [0.05, 0.1) is 11.3 Å². The average molecular weight is 310 g/mol. The molecule has 2 atom stereocenters. The molecule has 1 heterocycles. The lowest BCUT2D eigenvalue weighted by Gasteiger charge is -2.05. The molecule has 1 aromatic heterocycles. The quantitative estimate of drug-likeness (QED) is 0.615. The molecule has 0 saturated heterocycles. The van der Waals surface area contributed by atoms with Crippen LogP contribution >= 0.6 is 11.3 Å². The highest BCUT2D eigenvalue weighted by Crippen LogP contribution is 2.42. The van der Waals surface area contributed by atoms with Crippen molar-refractivity contribution in [3.8, 4) is 0 Å². The van der Waals surface area contributed by atoms with Gasteiger partial charge in [-0.15, -0.1) is 11.3 Å². The fraction of sp³-hybridized carbons (Fsp3) is 0.571. The molecule has 0 bridgehead atoms. The molecule has 7 heteroatoms. The fourth-order valence-corrected chi connectivity index (χ4v) is 3.59. The van der Waals surface area contributed by atoms with Gasteiger partial charge in [-0.25, -0.2) is 0 Å². The smallest absolute Gasteiger partial charge is 0.263 e. The minimum Gasteiger partial charge on any atom is -0.397 e. The summed E-state index contributed by atoms with van der Waals surface area (Å²) in [6.07, 6.45) is 3.39. The van der Waals surface area contributed by atoms with Gasteiger partial charge in [0.15, 0.2) is 0 Å².